The van der Waals surface area contributed by atoms with Crippen molar-refractivity contribution in [3.63, 3.8) is 0 Å². The van der Waals surface area contributed by atoms with E-state index >= 15 is 0 Å². The fourth-order valence-electron chi connectivity index (χ4n) is 0.831. The van der Waals surface area contributed by atoms with Gasteiger partial charge < -0.3 is 4.52 Å². The number of nitrogens with zero attached hydrogens (tertiary/aromatic N) is 1. The van der Waals surface area contributed by atoms with Crippen LogP contribution in [0.25, 0.3) is 0 Å². The number of halogens is 1. The highest BCUT2D eigenvalue weighted by molar-refractivity contribution is 9.10. The lowest BCUT2D eigenvalue weighted by Gasteiger charge is -2.13. The Balaban J connectivity index is 3.19. The van der Waals surface area contributed by atoms with E-state index in [1.54, 1.807) is 0 Å². The van der Waals surface area contributed by atoms with Crippen molar-refractivity contribution in [2.45, 2.75) is 26.2 Å². The van der Waals surface area contributed by atoms with Gasteiger partial charge in [0, 0.05) is 5.41 Å². The van der Waals surface area contributed by atoms with Crippen molar-refractivity contribution in [3.05, 3.63) is 15.9 Å². The average molecular weight is 232 g/mol. The van der Waals surface area contributed by atoms with Gasteiger partial charge in [0.2, 0.25) is 0 Å². The summed E-state index contributed by atoms with van der Waals surface area (Å²) in [6.45, 7) is 5.98. The van der Waals surface area contributed by atoms with E-state index in [0.717, 1.165) is 0 Å². The van der Waals surface area contributed by atoms with Crippen LogP contribution >= 0.6 is 15.9 Å². The van der Waals surface area contributed by atoms with E-state index in [-0.39, 0.29) is 5.41 Å². The zero-order chi connectivity index (χ0) is 9.35. The molecule has 3 nitrogen and oxygen atoms in total. The monoisotopic (exact) mass is 231 g/mol. The molecular weight excluding hydrogens is 222 g/mol. The smallest absolute Gasteiger partial charge is 0.173 e. The molecule has 1 aromatic rings. The second kappa shape index (κ2) is 3.01. The topological polar surface area (TPSA) is 43.1 Å². The molecule has 1 rings (SSSR count). The first-order valence-electron chi connectivity index (χ1n) is 3.57. The van der Waals surface area contributed by atoms with Crippen LogP contribution in [0.15, 0.2) is 9.00 Å². The van der Waals surface area contributed by atoms with Gasteiger partial charge >= 0.3 is 0 Å². The summed E-state index contributed by atoms with van der Waals surface area (Å²) in [6, 6.07) is 0. The highest BCUT2D eigenvalue weighted by Gasteiger charge is 2.24. The maximum Gasteiger partial charge on any atom is 0.173 e. The summed E-state index contributed by atoms with van der Waals surface area (Å²) in [5, 5.41) is 3.61. The molecule has 0 aliphatic heterocycles. The van der Waals surface area contributed by atoms with Gasteiger partial charge in [0.15, 0.2) is 17.7 Å². The van der Waals surface area contributed by atoms with Crippen LogP contribution in [0.2, 0.25) is 0 Å². The molecule has 0 spiro atoms. The highest BCUT2D eigenvalue weighted by atomic mass is 79.9. The summed E-state index contributed by atoms with van der Waals surface area (Å²) in [6.07, 6.45) is 0.669. The minimum atomic E-state index is -0.132. The molecule has 0 bridgehead atoms. The Kier molecular flexibility index (Phi) is 2.37. The van der Waals surface area contributed by atoms with Crippen molar-refractivity contribution in [2.75, 3.05) is 0 Å². The molecule has 0 unspecified atom stereocenters. The van der Waals surface area contributed by atoms with E-state index in [2.05, 4.69) is 21.1 Å². The third kappa shape index (κ3) is 1.58. The molecule has 0 saturated carbocycles. The molecule has 0 aliphatic carbocycles. The number of rotatable bonds is 1. The van der Waals surface area contributed by atoms with Crippen molar-refractivity contribution in [1.29, 1.82) is 0 Å². The Morgan fingerprint density at radius 2 is 2.08 bits per heavy atom. The van der Waals surface area contributed by atoms with Gasteiger partial charge in [-0.3, -0.25) is 4.79 Å². The average Bonchev–Trinajstić information content (AvgIpc) is 2.29. The molecule has 1 aromatic heterocycles. The minimum absolute atomic E-state index is 0.132. The quantitative estimate of drug-likeness (QED) is 0.698. The van der Waals surface area contributed by atoms with Crippen LogP contribution in [0.4, 0.5) is 0 Å². The van der Waals surface area contributed by atoms with Gasteiger partial charge in [-0.2, -0.15) is 0 Å². The first-order valence-corrected chi connectivity index (χ1v) is 4.37. The predicted molar refractivity (Wildman–Crippen MR) is 48.3 cm³/mol. The Labute approximate surface area is 79.3 Å². The Bertz CT molecular complexity index is 298. The van der Waals surface area contributed by atoms with Gasteiger partial charge in [0.25, 0.3) is 0 Å². The molecule has 66 valence electrons. The normalized spacial score (nSPS) is 11.7. The summed E-state index contributed by atoms with van der Waals surface area (Å²) in [5.41, 5.74) is 0.188. The molecule has 0 amide bonds. The molecule has 0 atom stereocenters. The lowest BCUT2D eigenvalue weighted by Crippen LogP contribution is -2.10. The van der Waals surface area contributed by atoms with Crippen molar-refractivity contribution in [3.8, 4) is 0 Å². The lowest BCUT2D eigenvalue weighted by molar-refractivity contribution is 0.111. The van der Waals surface area contributed by atoms with E-state index in [0.29, 0.717) is 22.2 Å². The van der Waals surface area contributed by atoms with Crippen molar-refractivity contribution in [1.82, 2.24) is 5.16 Å². The molecule has 0 saturated heterocycles. The van der Waals surface area contributed by atoms with Crippen molar-refractivity contribution < 1.29 is 9.32 Å². The molecule has 0 N–H and O–H groups in total. The summed E-state index contributed by atoms with van der Waals surface area (Å²) in [7, 11) is 0. The van der Waals surface area contributed by atoms with Crippen LogP contribution in [-0.2, 0) is 5.41 Å². The standard InChI is InChI=1S/C8H10BrNO2/c1-8(2,3)7-6(9)5(4-11)10-12-7/h4H,1-3H3. The maximum atomic E-state index is 10.4. The van der Waals surface area contributed by atoms with E-state index in [1.807, 2.05) is 20.8 Å². The fraction of sp³-hybridized carbons (Fsp3) is 0.500. The molecule has 0 aliphatic rings. The van der Waals surface area contributed by atoms with Crippen LogP contribution in [0.5, 0.6) is 0 Å². The Morgan fingerprint density at radius 1 is 1.50 bits per heavy atom. The van der Waals surface area contributed by atoms with Gasteiger partial charge in [0.05, 0.1) is 4.47 Å². The molecule has 4 heteroatoms. The number of hydrogen-bond donors (Lipinski definition) is 0. The third-order valence-corrected chi connectivity index (χ3v) is 2.22. The molecule has 1 heterocycles. The predicted octanol–water partition coefficient (Wildman–Crippen LogP) is 2.55. The molecule has 0 radical (unpaired) electrons. The van der Waals surface area contributed by atoms with Gasteiger partial charge in [-0.1, -0.05) is 25.9 Å². The van der Waals surface area contributed by atoms with Gasteiger partial charge in [-0.25, -0.2) is 0 Å². The van der Waals surface area contributed by atoms with Gasteiger partial charge in [-0.05, 0) is 15.9 Å². The van der Waals surface area contributed by atoms with Crippen LogP contribution in [0.1, 0.15) is 37.0 Å². The van der Waals surface area contributed by atoms with Crippen LogP contribution in [-0.4, -0.2) is 11.4 Å². The number of aldehydes is 1. The van der Waals surface area contributed by atoms with Crippen molar-refractivity contribution >= 4 is 22.2 Å². The SMILES string of the molecule is CC(C)(C)c1onc(C=O)c1Br. The van der Waals surface area contributed by atoms with Crippen molar-refractivity contribution in [2.24, 2.45) is 0 Å². The summed E-state index contributed by atoms with van der Waals surface area (Å²) in [5.74, 6) is 0.699. The molecular formula is C8H10BrNO2. The largest absolute Gasteiger partial charge is 0.359 e. The Hall–Kier alpha value is -0.640. The van der Waals surface area contributed by atoms with Crippen LogP contribution < -0.4 is 0 Å². The fourth-order valence-corrected chi connectivity index (χ4v) is 1.66. The summed E-state index contributed by atoms with van der Waals surface area (Å²) < 4.78 is 5.68. The Morgan fingerprint density at radius 3 is 2.33 bits per heavy atom. The molecule has 12 heavy (non-hydrogen) atoms. The van der Waals surface area contributed by atoms with E-state index < -0.39 is 0 Å². The third-order valence-electron chi connectivity index (χ3n) is 1.45. The minimum Gasteiger partial charge on any atom is -0.359 e. The van der Waals surface area contributed by atoms with E-state index in [9.17, 15) is 4.79 Å². The highest BCUT2D eigenvalue weighted by Crippen LogP contribution is 2.31. The first kappa shape index (κ1) is 9.45. The van der Waals surface area contributed by atoms with Gasteiger partial charge in [-0.15, -0.1) is 0 Å². The van der Waals surface area contributed by atoms with E-state index in [1.165, 1.54) is 0 Å². The van der Waals surface area contributed by atoms with E-state index in [4.69, 9.17) is 4.52 Å². The van der Waals surface area contributed by atoms with Crippen LogP contribution in [0, 0.1) is 0 Å². The summed E-state index contributed by atoms with van der Waals surface area (Å²) in [4.78, 5) is 10.4. The second-order valence-corrected chi connectivity index (χ2v) is 4.37. The molecule has 0 aromatic carbocycles. The zero-order valence-corrected chi connectivity index (χ0v) is 8.81. The second-order valence-electron chi connectivity index (χ2n) is 3.58. The maximum absolute atomic E-state index is 10.4. The van der Waals surface area contributed by atoms with Crippen LogP contribution in [0.3, 0.4) is 0 Å². The number of hydrogen-bond acceptors (Lipinski definition) is 3. The van der Waals surface area contributed by atoms with Gasteiger partial charge in [0.1, 0.15) is 0 Å². The lowest BCUT2D eigenvalue weighted by atomic mass is 9.93. The number of aromatic nitrogens is 1. The molecule has 0 fully saturated rings. The zero-order valence-electron chi connectivity index (χ0n) is 7.22. The number of carbonyl (C=O) groups excluding carboxylic acids is 1. The number of carbonyl (C=O) groups is 1. The first-order chi connectivity index (χ1) is 5.46. The summed E-state index contributed by atoms with van der Waals surface area (Å²) >= 11 is 3.26.